The highest BCUT2D eigenvalue weighted by molar-refractivity contribution is 5.50. The first kappa shape index (κ1) is 14.7. The Morgan fingerprint density at radius 1 is 1.24 bits per heavy atom. The lowest BCUT2D eigenvalue weighted by Crippen LogP contribution is -2.43. The third-order valence-corrected chi connectivity index (χ3v) is 4.92. The molecule has 2 aliphatic rings. The smallest absolute Gasteiger partial charge is 0.165 e. The van der Waals surface area contributed by atoms with Gasteiger partial charge in [0.1, 0.15) is 6.10 Å². The van der Waals surface area contributed by atoms with Crippen molar-refractivity contribution in [3.63, 3.8) is 0 Å². The maximum absolute atomic E-state index is 6.48. The van der Waals surface area contributed by atoms with E-state index < -0.39 is 0 Å². The Kier molecular flexibility index (Phi) is 4.09. The number of piperidine rings is 1. The summed E-state index contributed by atoms with van der Waals surface area (Å²) in [6.45, 7) is 2.18. The van der Waals surface area contributed by atoms with Gasteiger partial charge >= 0.3 is 0 Å². The first-order valence-corrected chi connectivity index (χ1v) is 7.94. The van der Waals surface area contributed by atoms with E-state index in [2.05, 4.69) is 18.0 Å². The van der Waals surface area contributed by atoms with Gasteiger partial charge in [-0.25, -0.2) is 0 Å². The fraction of sp³-hybridized carbons (Fsp3) is 0.647. The van der Waals surface area contributed by atoms with Crippen molar-refractivity contribution in [2.75, 3.05) is 27.2 Å². The largest absolute Gasteiger partial charge is 0.493 e. The summed E-state index contributed by atoms with van der Waals surface area (Å²) in [4.78, 5) is 2.34. The molecule has 1 aromatic rings. The molecule has 2 N–H and O–H groups in total. The topological polar surface area (TPSA) is 47.7 Å². The molecule has 4 heteroatoms. The molecule has 0 unspecified atom stereocenters. The van der Waals surface area contributed by atoms with Crippen LogP contribution in [0.25, 0.3) is 0 Å². The Labute approximate surface area is 127 Å². The van der Waals surface area contributed by atoms with Crippen LogP contribution in [0, 0.1) is 0 Å². The van der Waals surface area contributed by atoms with Crippen LogP contribution in [0.15, 0.2) is 18.2 Å². The first-order valence-electron chi connectivity index (χ1n) is 7.94. The summed E-state index contributed by atoms with van der Waals surface area (Å²) in [6, 6.07) is 6.12. The molecular weight excluding hydrogens is 264 g/mol. The van der Waals surface area contributed by atoms with Crippen molar-refractivity contribution < 1.29 is 9.47 Å². The van der Waals surface area contributed by atoms with Gasteiger partial charge in [0.25, 0.3) is 0 Å². The molecule has 116 valence electrons. The van der Waals surface area contributed by atoms with E-state index in [4.69, 9.17) is 15.2 Å². The van der Waals surface area contributed by atoms with Crippen LogP contribution in [0.3, 0.4) is 0 Å². The van der Waals surface area contributed by atoms with Crippen LogP contribution < -0.4 is 15.2 Å². The van der Waals surface area contributed by atoms with Crippen LogP contribution in [0.1, 0.15) is 37.7 Å². The molecule has 3 rings (SSSR count). The van der Waals surface area contributed by atoms with E-state index in [0.29, 0.717) is 0 Å². The molecule has 1 saturated carbocycles. The minimum absolute atomic E-state index is 0.225. The molecular formula is C17H26N2O2. The third kappa shape index (κ3) is 2.87. The zero-order valence-electron chi connectivity index (χ0n) is 13.1. The Balaban J connectivity index is 1.80. The molecule has 1 aliphatic carbocycles. The van der Waals surface area contributed by atoms with Gasteiger partial charge in [-0.05, 0) is 45.2 Å². The van der Waals surface area contributed by atoms with Crippen molar-refractivity contribution in [2.45, 2.75) is 43.7 Å². The number of nitrogens with zero attached hydrogens (tertiary/aromatic N) is 1. The van der Waals surface area contributed by atoms with Crippen molar-refractivity contribution in [3.05, 3.63) is 23.8 Å². The highest BCUT2D eigenvalue weighted by atomic mass is 16.5. The quantitative estimate of drug-likeness (QED) is 0.925. The number of nitrogens with two attached hydrogens (primary N) is 1. The molecule has 1 saturated heterocycles. The lowest BCUT2D eigenvalue weighted by Gasteiger charge is -2.39. The molecule has 1 aromatic carbocycles. The molecule has 0 amide bonds. The van der Waals surface area contributed by atoms with Gasteiger partial charge in [0.15, 0.2) is 11.5 Å². The molecule has 1 aliphatic heterocycles. The summed E-state index contributed by atoms with van der Waals surface area (Å²) in [5.41, 5.74) is 7.35. The summed E-state index contributed by atoms with van der Waals surface area (Å²) in [6.07, 6.45) is 5.66. The predicted molar refractivity (Wildman–Crippen MR) is 83.9 cm³/mol. The second-order valence-electron chi connectivity index (χ2n) is 6.47. The van der Waals surface area contributed by atoms with E-state index in [0.717, 1.165) is 55.8 Å². The van der Waals surface area contributed by atoms with Crippen LogP contribution in [0.4, 0.5) is 0 Å². The van der Waals surface area contributed by atoms with Crippen molar-refractivity contribution in [2.24, 2.45) is 5.73 Å². The minimum atomic E-state index is -0.225. The maximum Gasteiger partial charge on any atom is 0.165 e. The fourth-order valence-corrected chi connectivity index (χ4v) is 3.32. The Morgan fingerprint density at radius 2 is 1.95 bits per heavy atom. The molecule has 0 radical (unpaired) electrons. The van der Waals surface area contributed by atoms with Gasteiger partial charge in [-0.2, -0.15) is 0 Å². The Bertz CT molecular complexity index is 492. The number of hydrogen-bond acceptors (Lipinski definition) is 4. The average Bonchev–Trinajstić information content (AvgIpc) is 2.47. The van der Waals surface area contributed by atoms with Crippen LogP contribution in [0.5, 0.6) is 11.5 Å². The SMILES string of the molecule is COc1c(OC2CCN(C)CC2)cccc1C1(N)CCC1. The summed E-state index contributed by atoms with van der Waals surface area (Å²) >= 11 is 0. The van der Waals surface area contributed by atoms with E-state index in [-0.39, 0.29) is 11.6 Å². The van der Waals surface area contributed by atoms with E-state index in [1.54, 1.807) is 7.11 Å². The lowest BCUT2D eigenvalue weighted by atomic mass is 9.72. The normalized spacial score (nSPS) is 22.6. The van der Waals surface area contributed by atoms with Gasteiger partial charge in [-0.15, -0.1) is 0 Å². The number of hydrogen-bond donors (Lipinski definition) is 1. The molecule has 0 bridgehead atoms. The molecule has 1 heterocycles. The number of benzene rings is 1. The highest BCUT2D eigenvalue weighted by Gasteiger charge is 2.37. The number of rotatable bonds is 4. The van der Waals surface area contributed by atoms with Gasteiger partial charge in [0.2, 0.25) is 0 Å². The molecule has 21 heavy (non-hydrogen) atoms. The van der Waals surface area contributed by atoms with Crippen LogP contribution in [-0.4, -0.2) is 38.3 Å². The van der Waals surface area contributed by atoms with Gasteiger partial charge in [-0.1, -0.05) is 12.1 Å². The third-order valence-electron chi connectivity index (χ3n) is 4.92. The summed E-state index contributed by atoms with van der Waals surface area (Å²) in [5, 5.41) is 0. The maximum atomic E-state index is 6.48. The minimum Gasteiger partial charge on any atom is -0.493 e. The zero-order chi connectivity index (χ0) is 14.9. The first-order chi connectivity index (χ1) is 10.1. The monoisotopic (exact) mass is 290 g/mol. The second-order valence-corrected chi connectivity index (χ2v) is 6.47. The van der Waals surface area contributed by atoms with Gasteiger partial charge < -0.3 is 20.1 Å². The Hall–Kier alpha value is -1.26. The summed E-state index contributed by atoms with van der Waals surface area (Å²) in [7, 11) is 3.87. The fourth-order valence-electron chi connectivity index (χ4n) is 3.32. The van der Waals surface area contributed by atoms with Crippen molar-refractivity contribution >= 4 is 0 Å². The number of likely N-dealkylation sites (tertiary alicyclic amines) is 1. The van der Waals surface area contributed by atoms with E-state index in [9.17, 15) is 0 Å². The molecule has 4 nitrogen and oxygen atoms in total. The zero-order valence-corrected chi connectivity index (χ0v) is 13.1. The standard InChI is InChI=1S/C17H26N2O2/c1-19-11-7-13(8-12-19)21-15-6-3-5-14(16(15)20-2)17(18)9-4-10-17/h3,5-6,13H,4,7-12,18H2,1-2H3. The second kappa shape index (κ2) is 5.85. The molecule has 0 atom stereocenters. The van der Waals surface area contributed by atoms with Crippen molar-refractivity contribution in [3.8, 4) is 11.5 Å². The lowest BCUT2D eigenvalue weighted by molar-refractivity contribution is 0.110. The highest BCUT2D eigenvalue weighted by Crippen LogP contribution is 2.46. The summed E-state index contributed by atoms with van der Waals surface area (Å²) < 4.78 is 11.9. The number of methoxy groups -OCH3 is 1. The van der Waals surface area contributed by atoms with Gasteiger partial charge in [-0.3, -0.25) is 0 Å². The van der Waals surface area contributed by atoms with E-state index >= 15 is 0 Å². The molecule has 0 spiro atoms. The molecule has 2 fully saturated rings. The van der Waals surface area contributed by atoms with E-state index in [1.807, 2.05) is 12.1 Å². The molecule has 0 aromatic heterocycles. The van der Waals surface area contributed by atoms with Gasteiger partial charge in [0, 0.05) is 24.2 Å². The predicted octanol–water partition coefficient (Wildman–Crippen LogP) is 2.51. The van der Waals surface area contributed by atoms with Crippen molar-refractivity contribution in [1.29, 1.82) is 0 Å². The van der Waals surface area contributed by atoms with Crippen LogP contribution in [-0.2, 0) is 5.54 Å². The summed E-state index contributed by atoms with van der Waals surface area (Å²) in [5.74, 6) is 1.68. The average molecular weight is 290 g/mol. The van der Waals surface area contributed by atoms with E-state index in [1.165, 1.54) is 6.42 Å². The van der Waals surface area contributed by atoms with Crippen molar-refractivity contribution in [1.82, 2.24) is 4.90 Å². The number of para-hydroxylation sites is 1. The van der Waals surface area contributed by atoms with Crippen LogP contribution in [0.2, 0.25) is 0 Å². The van der Waals surface area contributed by atoms with Gasteiger partial charge in [0.05, 0.1) is 7.11 Å². The number of ether oxygens (including phenoxy) is 2. The Morgan fingerprint density at radius 3 is 2.52 bits per heavy atom. The van der Waals surface area contributed by atoms with Crippen LogP contribution >= 0.6 is 0 Å².